The van der Waals surface area contributed by atoms with Gasteiger partial charge in [-0.15, -0.1) is 4.89 Å². The standard InChI is InChI=1S/C16H29NO3SSi/c1-15(2,3)13-9-11-14(12-10-13)21(18,19)17-20-22(7,8)16(4,5)6/h9-12,17H,1-8H3. The average molecular weight is 344 g/mol. The summed E-state index contributed by atoms with van der Waals surface area (Å²) in [7, 11) is -5.83. The highest BCUT2D eigenvalue weighted by Gasteiger charge is 2.39. The van der Waals surface area contributed by atoms with E-state index >= 15 is 0 Å². The van der Waals surface area contributed by atoms with Gasteiger partial charge in [-0.2, -0.15) is 0 Å². The van der Waals surface area contributed by atoms with Gasteiger partial charge in [0, 0.05) is 0 Å². The maximum Gasteiger partial charge on any atom is 0.261 e. The Morgan fingerprint density at radius 1 is 0.955 bits per heavy atom. The molecule has 0 saturated carbocycles. The molecule has 1 rings (SSSR count). The predicted octanol–water partition coefficient (Wildman–Crippen LogP) is 4.20. The zero-order valence-corrected chi connectivity index (χ0v) is 16.8. The van der Waals surface area contributed by atoms with Crippen LogP contribution in [0.1, 0.15) is 47.1 Å². The summed E-state index contributed by atoms with van der Waals surface area (Å²) in [4.78, 5) is 2.54. The van der Waals surface area contributed by atoms with Gasteiger partial charge in [0.1, 0.15) is 0 Å². The molecule has 0 aliphatic carbocycles. The lowest BCUT2D eigenvalue weighted by molar-refractivity contribution is 0.242. The number of benzene rings is 1. The fourth-order valence-electron chi connectivity index (χ4n) is 1.49. The van der Waals surface area contributed by atoms with Gasteiger partial charge in [-0.3, -0.25) is 0 Å². The molecule has 1 aromatic carbocycles. The van der Waals surface area contributed by atoms with Gasteiger partial charge in [-0.25, -0.2) is 8.42 Å². The first kappa shape index (κ1) is 19.4. The lowest BCUT2D eigenvalue weighted by atomic mass is 9.87. The number of hydrogen-bond donors (Lipinski definition) is 1. The molecule has 22 heavy (non-hydrogen) atoms. The molecule has 0 saturated heterocycles. The molecule has 4 nitrogen and oxygen atoms in total. The van der Waals surface area contributed by atoms with Crippen LogP contribution >= 0.6 is 0 Å². The number of hydrogen-bond acceptors (Lipinski definition) is 3. The number of sulfonamides is 1. The topological polar surface area (TPSA) is 55.4 Å². The molecule has 0 radical (unpaired) electrons. The summed E-state index contributed by atoms with van der Waals surface area (Å²) in [6, 6.07) is 6.94. The van der Waals surface area contributed by atoms with Gasteiger partial charge >= 0.3 is 0 Å². The first-order chi connectivity index (χ1) is 9.67. The van der Waals surface area contributed by atoms with Gasteiger partial charge in [0.15, 0.2) is 0 Å². The van der Waals surface area contributed by atoms with E-state index in [0.717, 1.165) is 5.56 Å². The van der Waals surface area contributed by atoms with Gasteiger partial charge in [-0.05, 0) is 41.2 Å². The zero-order chi connectivity index (χ0) is 17.4. The Hall–Kier alpha value is -0.693. The van der Waals surface area contributed by atoms with E-state index in [1.165, 1.54) is 0 Å². The minimum absolute atomic E-state index is 0.00659. The molecule has 0 atom stereocenters. The molecule has 0 amide bonds. The quantitative estimate of drug-likeness (QED) is 0.658. The van der Waals surface area contributed by atoms with Crippen LogP contribution in [0.3, 0.4) is 0 Å². The molecule has 0 heterocycles. The van der Waals surface area contributed by atoms with Crippen molar-refractivity contribution >= 4 is 18.3 Å². The van der Waals surface area contributed by atoms with Crippen LogP contribution in [0.15, 0.2) is 29.2 Å². The summed E-state index contributed by atoms with van der Waals surface area (Å²) >= 11 is 0. The molecule has 0 bridgehead atoms. The van der Waals surface area contributed by atoms with Crippen LogP contribution in [-0.2, 0) is 20.0 Å². The van der Waals surface area contributed by atoms with Crippen molar-refractivity contribution < 1.29 is 12.9 Å². The summed E-state index contributed by atoms with van der Waals surface area (Å²) in [5.74, 6) is 0. The molecule has 0 unspecified atom stereocenters. The van der Waals surface area contributed by atoms with E-state index in [0.29, 0.717) is 0 Å². The normalized spacial score (nSPS) is 14.2. The van der Waals surface area contributed by atoms with Crippen LogP contribution in [0.2, 0.25) is 18.1 Å². The molecule has 0 aromatic heterocycles. The molecular weight excluding hydrogens is 314 g/mol. The second-order valence-corrected chi connectivity index (χ2v) is 14.6. The summed E-state index contributed by atoms with van der Waals surface area (Å²) in [6.07, 6.45) is 0. The number of nitrogens with one attached hydrogen (secondary N) is 1. The van der Waals surface area contributed by atoms with Crippen molar-refractivity contribution in [2.45, 2.75) is 70.0 Å². The molecular formula is C16H29NO3SSi. The van der Waals surface area contributed by atoms with Crippen LogP contribution in [0.4, 0.5) is 0 Å². The van der Waals surface area contributed by atoms with Gasteiger partial charge in [0.25, 0.3) is 10.0 Å². The largest absolute Gasteiger partial charge is 0.331 e. The summed E-state index contributed by atoms with van der Waals surface area (Å²) in [6.45, 7) is 16.5. The van der Waals surface area contributed by atoms with Crippen LogP contribution in [0.25, 0.3) is 0 Å². The molecule has 1 N–H and O–H groups in total. The van der Waals surface area contributed by atoms with Crippen molar-refractivity contribution in [1.82, 2.24) is 4.89 Å². The van der Waals surface area contributed by atoms with Crippen LogP contribution in [0.5, 0.6) is 0 Å². The Kier molecular flexibility index (Phi) is 5.34. The second-order valence-electron chi connectivity index (χ2n) is 8.22. The minimum Gasteiger partial charge on any atom is -0.331 e. The highest BCUT2D eigenvalue weighted by molar-refractivity contribution is 7.89. The monoisotopic (exact) mass is 343 g/mol. The summed E-state index contributed by atoms with van der Waals surface area (Å²) in [5, 5.41) is -0.0639. The lowest BCUT2D eigenvalue weighted by Gasteiger charge is -2.35. The maximum atomic E-state index is 12.4. The molecule has 0 aliphatic heterocycles. The lowest BCUT2D eigenvalue weighted by Crippen LogP contribution is -2.46. The van der Waals surface area contributed by atoms with Gasteiger partial charge in [0.05, 0.1) is 4.90 Å². The van der Waals surface area contributed by atoms with Gasteiger partial charge < -0.3 is 4.53 Å². The highest BCUT2D eigenvalue weighted by Crippen LogP contribution is 2.36. The Labute approximate surface area is 136 Å². The van der Waals surface area contributed by atoms with Crippen molar-refractivity contribution in [1.29, 1.82) is 0 Å². The minimum atomic E-state index is -3.65. The molecule has 0 spiro atoms. The Balaban J connectivity index is 2.92. The average Bonchev–Trinajstić information content (AvgIpc) is 2.34. The molecule has 6 heteroatoms. The SMILES string of the molecule is CC(C)(C)c1ccc(S(=O)(=O)NO[Si](C)(C)C(C)(C)C)cc1. The van der Waals surface area contributed by atoms with Crippen molar-refractivity contribution in [2.75, 3.05) is 0 Å². The smallest absolute Gasteiger partial charge is 0.261 e. The third kappa shape index (κ3) is 4.65. The van der Waals surface area contributed by atoms with E-state index in [1.807, 2.05) is 25.2 Å². The Morgan fingerprint density at radius 3 is 1.77 bits per heavy atom. The number of rotatable bonds is 4. The van der Waals surface area contributed by atoms with E-state index in [-0.39, 0.29) is 15.3 Å². The van der Waals surface area contributed by atoms with Gasteiger partial charge in [-0.1, -0.05) is 53.7 Å². The van der Waals surface area contributed by atoms with E-state index < -0.39 is 18.3 Å². The summed E-state index contributed by atoms with van der Waals surface area (Å²) < 4.78 is 30.3. The van der Waals surface area contributed by atoms with Crippen molar-refractivity contribution in [3.63, 3.8) is 0 Å². The van der Waals surface area contributed by atoms with Gasteiger partial charge in [0.2, 0.25) is 8.32 Å². The zero-order valence-electron chi connectivity index (χ0n) is 14.9. The highest BCUT2D eigenvalue weighted by atomic mass is 32.2. The molecule has 126 valence electrons. The van der Waals surface area contributed by atoms with Crippen LogP contribution < -0.4 is 4.89 Å². The van der Waals surface area contributed by atoms with Crippen molar-refractivity contribution in [2.24, 2.45) is 0 Å². The van der Waals surface area contributed by atoms with Crippen LogP contribution in [0, 0.1) is 0 Å². The maximum absolute atomic E-state index is 12.4. The first-order valence-corrected chi connectivity index (χ1v) is 11.9. The third-order valence-corrected chi connectivity index (χ3v) is 9.81. The second kappa shape index (κ2) is 6.07. The van der Waals surface area contributed by atoms with E-state index in [2.05, 4.69) is 46.4 Å². The van der Waals surface area contributed by atoms with Crippen molar-refractivity contribution in [3.8, 4) is 0 Å². The van der Waals surface area contributed by atoms with E-state index in [4.69, 9.17) is 4.53 Å². The van der Waals surface area contributed by atoms with Crippen LogP contribution in [-0.4, -0.2) is 16.7 Å². The molecule has 1 aromatic rings. The molecule has 0 fully saturated rings. The first-order valence-electron chi connectivity index (χ1n) is 7.47. The fourth-order valence-corrected chi connectivity index (χ4v) is 3.66. The third-order valence-electron chi connectivity index (χ3n) is 4.24. The Bertz CT molecular complexity index is 608. The predicted molar refractivity (Wildman–Crippen MR) is 93.7 cm³/mol. The van der Waals surface area contributed by atoms with Crippen molar-refractivity contribution in [3.05, 3.63) is 29.8 Å². The molecule has 0 aliphatic rings. The fraction of sp³-hybridized carbons (Fsp3) is 0.625. The summed E-state index contributed by atoms with van der Waals surface area (Å²) in [5.41, 5.74) is 1.09. The Morgan fingerprint density at radius 2 is 1.41 bits per heavy atom. The van der Waals surface area contributed by atoms with E-state index in [1.54, 1.807) is 12.1 Å². The van der Waals surface area contributed by atoms with E-state index in [9.17, 15) is 8.42 Å².